The van der Waals surface area contributed by atoms with Crippen LogP contribution in [0.5, 0.6) is 0 Å². The molecular weight excluding hydrogens is 231 g/mol. The lowest BCUT2D eigenvalue weighted by Crippen LogP contribution is -2.43. The first kappa shape index (κ1) is 13.0. The molecule has 1 aromatic rings. The van der Waals surface area contributed by atoms with E-state index in [1.54, 1.807) is 12.1 Å². The topological polar surface area (TPSA) is 46.3 Å². The zero-order valence-corrected chi connectivity index (χ0v) is 10.6. The number of benzene rings is 1. The Morgan fingerprint density at radius 2 is 2.17 bits per heavy atom. The standard InChI is InChI=1S/C14H19FN2O/c1-2-12(16)14(18)17-9-3-4-13(17)10-5-7-11(15)8-6-10/h5-8,12-13H,2-4,9,16H2,1H3/t12-,13?/m0/s1. The van der Waals surface area contributed by atoms with Gasteiger partial charge in [-0.3, -0.25) is 4.79 Å². The quantitative estimate of drug-likeness (QED) is 0.894. The van der Waals surface area contributed by atoms with Crippen LogP contribution in [-0.2, 0) is 4.79 Å². The van der Waals surface area contributed by atoms with Gasteiger partial charge in [0.15, 0.2) is 0 Å². The summed E-state index contributed by atoms with van der Waals surface area (Å²) in [5, 5.41) is 0. The van der Waals surface area contributed by atoms with E-state index in [0.29, 0.717) is 6.42 Å². The molecule has 1 aromatic carbocycles. The van der Waals surface area contributed by atoms with Crippen LogP contribution in [-0.4, -0.2) is 23.4 Å². The smallest absolute Gasteiger partial charge is 0.239 e. The zero-order chi connectivity index (χ0) is 13.1. The molecule has 98 valence electrons. The van der Waals surface area contributed by atoms with Crippen LogP contribution in [0.25, 0.3) is 0 Å². The first-order valence-electron chi connectivity index (χ1n) is 6.45. The maximum atomic E-state index is 12.9. The minimum Gasteiger partial charge on any atom is -0.334 e. The Hall–Kier alpha value is -1.42. The Labute approximate surface area is 107 Å². The van der Waals surface area contributed by atoms with Gasteiger partial charge in [-0.25, -0.2) is 4.39 Å². The molecule has 2 N–H and O–H groups in total. The lowest BCUT2D eigenvalue weighted by molar-refractivity contribution is -0.133. The summed E-state index contributed by atoms with van der Waals surface area (Å²) in [6.07, 6.45) is 2.55. The summed E-state index contributed by atoms with van der Waals surface area (Å²) in [6, 6.07) is 6.01. The first-order valence-corrected chi connectivity index (χ1v) is 6.45. The van der Waals surface area contributed by atoms with Gasteiger partial charge in [-0.1, -0.05) is 19.1 Å². The van der Waals surface area contributed by atoms with Crippen molar-refractivity contribution in [2.45, 2.75) is 38.3 Å². The highest BCUT2D eigenvalue weighted by molar-refractivity contribution is 5.82. The summed E-state index contributed by atoms with van der Waals surface area (Å²) in [5.41, 5.74) is 6.80. The fraction of sp³-hybridized carbons (Fsp3) is 0.500. The van der Waals surface area contributed by atoms with E-state index in [0.717, 1.165) is 24.9 Å². The molecule has 1 saturated heterocycles. The van der Waals surface area contributed by atoms with Crippen molar-refractivity contribution in [3.8, 4) is 0 Å². The van der Waals surface area contributed by atoms with E-state index in [1.165, 1.54) is 12.1 Å². The lowest BCUT2D eigenvalue weighted by atomic mass is 10.0. The van der Waals surface area contributed by atoms with Gasteiger partial charge in [0.05, 0.1) is 12.1 Å². The van der Waals surface area contributed by atoms with Crippen LogP contribution in [0.4, 0.5) is 4.39 Å². The zero-order valence-electron chi connectivity index (χ0n) is 10.6. The highest BCUT2D eigenvalue weighted by Gasteiger charge is 2.31. The van der Waals surface area contributed by atoms with E-state index in [1.807, 2.05) is 11.8 Å². The van der Waals surface area contributed by atoms with Crippen molar-refractivity contribution < 1.29 is 9.18 Å². The Morgan fingerprint density at radius 3 is 2.78 bits per heavy atom. The van der Waals surface area contributed by atoms with Gasteiger partial charge in [0.2, 0.25) is 5.91 Å². The molecule has 1 amide bonds. The molecule has 1 heterocycles. The van der Waals surface area contributed by atoms with Crippen molar-refractivity contribution in [1.82, 2.24) is 4.90 Å². The van der Waals surface area contributed by atoms with Crippen LogP contribution in [0.15, 0.2) is 24.3 Å². The molecule has 0 spiro atoms. The molecule has 1 unspecified atom stereocenters. The Bertz CT molecular complexity index is 418. The van der Waals surface area contributed by atoms with E-state index in [4.69, 9.17) is 5.73 Å². The predicted molar refractivity (Wildman–Crippen MR) is 68.4 cm³/mol. The van der Waals surface area contributed by atoms with Crippen LogP contribution >= 0.6 is 0 Å². The predicted octanol–water partition coefficient (Wildman–Crippen LogP) is 2.23. The Morgan fingerprint density at radius 1 is 1.50 bits per heavy atom. The number of carbonyl (C=O) groups excluding carboxylic acids is 1. The largest absolute Gasteiger partial charge is 0.334 e. The van der Waals surface area contributed by atoms with Gasteiger partial charge >= 0.3 is 0 Å². The van der Waals surface area contributed by atoms with Crippen molar-refractivity contribution >= 4 is 5.91 Å². The Balaban J connectivity index is 2.17. The maximum Gasteiger partial charge on any atom is 0.239 e. The van der Waals surface area contributed by atoms with Crippen molar-refractivity contribution in [3.63, 3.8) is 0 Å². The molecule has 3 nitrogen and oxygen atoms in total. The fourth-order valence-corrected chi connectivity index (χ4v) is 2.45. The maximum absolute atomic E-state index is 12.9. The van der Waals surface area contributed by atoms with Crippen LogP contribution in [0.1, 0.15) is 37.8 Å². The van der Waals surface area contributed by atoms with Gasteiger partial charge in [0.1, 0.15) is 5.82 Å². The van der Waals surface area contributed by atoms with E-state index in [9.17, 15) is 9.18 Å². The number of halogens is 1. The van der Waals surface area contributed by atoms with E-state index in [2.05, 4.69) is 0 Å². The van der Waals surface area contributed by atoms with Gasteiger partial charge in [-0.05, 0) is 37.0 Å². The minimum atomic E-state index is -0.425. The monoisotopic (exact) mass is 250 g/mol. The summed E-state index contributed by atoms with van der Waals surface area (Å²) in [6.45, 7) is 2.65. The molecule has 4 heteroatoms. The van der Waals surface area contributed by atoms with E-state index >= 15 is 0 Å². The molecule has 1 aliphatic rings. The number of nitrogens with two attached hydrogens (primary N) is 1. The highest BCUT2D eigenvalue weighted by atomic mass is 19.1. The SMILES string of the molecule is CC[C@H](N)C(=O)N1CCCC1c1ccc(F)cc1. The van der Waals surface area contributed by atoms with Crippen molar-refractivity contribution in [3.05, 3.63) is 35.6 Å². The van der Waals surface area contributed by atoms with Gasteiger partial charge in [-0.2, -0.15) is 0 Å². The summed E-state index contributed by atoms with van der Waals surface area (Å²) < 4.78 is 12.9. The molecule has 0 radical (unpaired) electrons. The van der Waals surface area contributed by atoms with Crippen LogP contribution < -0.4 is 5.73 Å². The molecule has 0 saturated carbocycles. The molecular formula is C14H19FN2O. The first-order chi connectivity index (χ1) is 8.63. The third-order valence-corrected chi connectivity index (χ3v) is 3.55. The van der Waals surface area contributed by atoms with Gasteiger partial charge in [0, 0.05) is 6.54 Å². The molecule has 2 atom stereocenters. The van der Waals surface area contributed by atoms with Crippen molar-refractivity contribution in [2.75, 3.05) is 6.54 Å². The fourth-order valence-electron chi connectivity index (χ4n) is 2.45. The number of hydrogen-bond acceptors (Lipinski definition) is 2. The number of likely N-dealkylation sites (tertiary alicyclic amines) is 1. The van der Waals surface area contributed by atoms with Crippen LogP contribution in [0.2, 0.25) is 0 Å². The average Bonchev–Trinajstić information content (AvgIpc) is 2.87. The number of nitrogens with zero attached hydrogens (tertiary/aromatic N) is 1. The average molecular weight is 250 g/mol. The normalized spacial score (nSPS) is 21.1. The molecule has 0 bridgehead atoms. The number of carbonyl (C=O) groups is 1. The summed E-state index contributed by atoms with van der Waals surface area (Å²) >= 11 is 0. The minimum absolute atomic E-state index is 0.00400. The second-order valence-electron chi connectivity index (χ2n) is 4.76. The van der Waals surface area contributed by atoms with Crippen LogP contribution in [0, 0.1) is 5.82 Å². The summed E-state index contributed by atoms with van der Waals surface area (Å²) in [7, 11) is 0. The van der Waals surface area contributed by atoms with Crippen molar-refractivity contribution in [1.29, 1.82) is 0 Å². The Kier molecular flexibility index (Phi) is 3.97. The van der Waals surface area contributed by atoms with E-state index < -0.39 is 6.04 Å². The molecule has 1 fully saturated rings. The number of rotatable bonds is 3. The second-order valence-corrected chi connectivity index (χ2v) is 4.76. The number of hydrogen-bond donors (Lipinski definition) is 1. The van der Waals surface area contributed by atoms with Crippen molar-refractivity contribution in [2.24, 2.45) is 5.73 Å². The second kappa shape index (κ2) is 5.48. The van der Waals surface area contributed by atoms with Gasteiger partial charge < -0.3 is 10.6 Å². The van der Waals surface area contributed by atoms with Gasteiger partial charge in [0.25, 0.3) is 0 Å². The summed E-state index contributed by atoms with van der Waals surface area (Å²) in [4.78, 5) is 14.0. The molecule has 18 heavy (non-hydrogen) atoms. The van der Waals surface area contributed by atoms with Gasteiger partial charge in [-0.15, -0.1) is 0 Å². The number of amides is 1. The van der Waals surface area contributed by atoms with E-state index in [-0.39, 0.29) is 17.8 Å². The lowest BCUT2D eigenvalue weighted by Gasteiger charge is -2.27. The van der Waals surface area contributed by atoms with Crippen LogP contribution in [0.3, 0.4) is 0 Å². The third kappa shape index (κ3) is 2.53. The molecule has 1 aliphatic heterocycles. The highest BCUT2D eigenvalue weighted by Crippen LogP contribution is 2.32. The third-order valence-electron chi connectivity index (χ3n) is 3.55. The summed E-state index contributed by atoms with van der Waals surface area (Å²) in [5.74, 6) is -0.246. The molecule has 2 rings (SSSR count). The molecule has 0 aromatic heterocycles. The molecule has 0 aliphatic carbocycles.